The van der Waals surface area contributed by atoms with Crippen LogP contribution >= 0.6 is 23.1 Å². The highest BCUT2D eigenvalue weighted by molar-refractivity contribution is 7.99. The molecule has 19 heavy (non-hydrogen) atoms. The van der Waals surface area contributed by atoms with Crippen LogP contribution in [0.25, 0.3) is 0 Å². The van der Waals surface area contributed by atoms with Crippen molar-refractivity contribution in [2.75, 3.05) is 18.1 Å². The van der Waals surface area contributed by atoms with E-state index in [-0.39, 0.29) is 24.3 Å². The smallest absolute Gasteiger partial charge is 0.305 e. The van der Waals surface area contributed by atoms with E-state index in [2.05, 4.69) is 0 Å². The number of carbonyl (C=O) groups is 2. The zero-order chi connectivity index (χ0) is 13.8. The van der Waals surface area contributed by atoms with Crippen molar-refractivity contribution < 1.29 is 14.7 Å². The number of carbonyl (C=O) groups excluding carboxylic acids is 1. The summed E-state index contributed by atoms with van der Waals surface area (Å²) in [6.07, 6.45) is 0.0368. The molecule has 1 amide bonds. The lowest BCUT2D eigenvalue weighted by molar-refractivity contribution is -0.140. The van der Waals surface area contributed by atoms with Gasteiger partial charge in [0.1, 0.15) is 0 Å². The van der Waals surface area contributed by atoms with Crippen molar-refractivity contribution in [3.8, 4) is 0 Å². The van der Waals surface area contributed by atoms with Crippen LogP contribution in [-0.4, -0.2) is 46.0 Å². The predicted octanol–water partition coefficient (Wildman–Crippen LogP) is 2.27. The molecule has 4 nitrogen and oxygen atoms in total. The molecule has 2 rings (SSSR count). The van der Waals surface area contributed by atoms with Gasteiger partial charge < -0.3 is 10.0 Å². The van der Waals surface area contributed by atoms with Gasteiger partial charge in [-0.05, 0) is 29.3 Å². The van der Waals surface area contributed by atoms with E-state index in [4.69, 9.17) is 5.11 Å². The Morgan fingerprint density at radius 3 is 3.00 bits per heavy atom. The summed E-state index contributed by atoms with van der Waals surface area (Å²) < 4.78 is 0. The van der Waals surface area contributed by atoms with Crippen molar-refractivity contribution in [3.63, 3.8) is 0 Å². The van der Waals surface area contributed by atoms with Crippen molar-refractivity contribution in [2.45, 2.75) is 25.3 Å². The van der Waals surface area contributed by atoms with E-state index in [9.17, 15) is 9.59 Å². The number of aliphatic carboxylic acids is 1. The standard InChI is InChI=1S/C13H17NO3S2/c1-9(10-2-4-18-7-10)13(17)14-3-5-19-8-11(14)6-12(15)16/h2,4,7,9,11H,3,5-6,8H2,1H3,(H,15,16). The lowest BCUT2D eigenvalue weighted by Gasteiger charge is -2.36. The monoisotopic (exact) mass is 299 g/mol. The predicted molar refractivity (Wildman–Crippen MR) is 77.8 cm³/mol. The van der Waals surface area contributed by atoms with Crippen LogP contribution in [0.4, 0.5) is 0 Å². The molecule has 2 heterocycles. The van der Waals surface area contributed by atoms with E-state index < -0.39 is 5.97 Å². The number of carboxylic acid groups (broad SMARTS) is 1. The molecule has 0 spiro atoms. The Hall–Kier alpha value is -1.01. The van der Waals surface area contributed by atoms with Gasteiger partial charge in [-0.25, -0.2) is 0 Å². The van der Waals surface area contributed by atoms with E-state index in [1.165, 1.54) is 0 Å². The summed E-state index contributed by atoms with van der Waals surface area (Å²) >= 11 is 3.29. The van der Waals surface area contributed by atoms with Gasteiger partial charge in [-0.2, -0.15) is 23.1 Å². The molecule has 6 heteroatoms. The fourth-order valence-corrected chi connectivity index (χ4v) is 4.04. The van der Waals surface area contributed by atoms with Crippen molar-refractivity contribution >= 4 is 35.0 Å². The Morgan fingerprint density at radius 1 is 1.58 bits per heavy atom. The minimum Gasteiger partial charge on any atom is -0.481 e. The summed E-state index contributed by atoms with van der Waals surface area (Å²) in [5.74, 6) is 0.621. The van der Waals surface area contributed by atoms with E-state index in [0.29, 0.717) is 12.3 Å². The van der Waals surface area contributed by atoms with Gasteiger partial charge in [0.15, 0.2) is 0 Å². The largest absolute Gasteiger partial charge is 0.481 e. The van der Waals surface area contributed by atoms with Gasteiger partial charge in [0, 0.05) is 18.1 Å². The SMILES string of the molecule is CC(C(=O)N1CCSCC1CC(=O)O)c1ccsc1. The molecule has 0 saturated carbocycles. The van der Waals surface area contributed by atoms with Gasteiger partial charge in [0.2, 0.25) is 5.91 Å². The first-order valence-corrected chi connectivity index (χ1v) is 8.31. The highest BCUT2D eigenvalue weighted by Gasteiger charge is 2.31. The quantitative estimate of drug-likeness (QED) is 0.926. The molecule has 0 radical (unpaired) electrons. The molecule has 0 aromatic carbocycles. The van der Waals surface area contributed by atoms with Gasteiger partial charge in [-0.3, -0.25) is 9.59 Å². The van der Waals surface area contributed by atoms with Gasteiger partial charge in [-0.15, -0.1) is 0 Å². The number of hydrogen-bond donors (Lipinski definition) is 1. The molecular formula is C13H17NO3S2. The fraction of sp³-hybridized carbons (Fsp3) is 0.538. The number of thiophene rings is 1. The normalized spacial score (nSPS) is 21.1. The zero-order valence-electron chi connectivity index (χ0n) is 10.7. The van der Waals surface area contributed by atoms with E-state index in [1.54, 1.807) is 28.0 Å². The first-order chi connectivity index (χ1) is 9.09. The maximum atomic E-state index is 12.5. The van der Waals surface area contributed by atoms with Crippen LogP contribution in [0, 0.1) is 0 Å². The minimum atomic E-state index is -0.839. The Kier molecular flexibility index (Phi) is 4.87. The average molecular weight is 299 g/mol. The van der Waals surface area contributed by atoms with E-state index in [1.807, 2.05) is 23.8 Å². The van der Waals surface area contributed by atoms with Crippen LogP contribution in [0.3, 0.4) is 0 Å². The van der Waals surface area contributed by atoms with Crippen LogP contribution in [0.1, 0.15) is 24.8 Å². The van der Waals surface area contributed by atoms with Crippen LogP contribution in [0.15, 0.2) is 16.8 Å². The van der Waals surface area contributed by atoms with Crippen molar-refractivity contribution in [2.24, 2.45) is 0 Å². The summed E-state index contributed by atoms with van der Waals surface area (Å²) in [6, 6.07) is 1.78. The molecule has 1 aromatic heterocycles. The van der Waals surface area contributed by atoms with Gasteiger partial charge in [0.05, 0.1) is 18.4 Å². The lowest BCUT2D eigenvalue weighted by Crippen LogP contribution is -2.48. The van der Waals surface area contributed by atoms with Crippen LogP contribution < -0.4 is 0 Å². The molecule has 1 fully saturated rings. The van der Waals surface area contributed by atoms with Crippen molar-refractivity contribution in [1.29, 1.82) is 0 Å². The number of nitrogens with zero attached hydrogens (tertiary/aromatic N) is 1. The average Bonchev–Trinajstić information content (AvgIpc) is 2.91. The Morgan fingerprint density at radius 2 is 2.37 bits per heavy atom. The summed E-state index contributed by atoms with van der Waals surface area (Å²) in [5, 5.41) is 12.9. The molecule has 104 valence electrons. The Balaban J connectivity index is 2.08. The third kappa shape index (κ3) is 3.51. The van der Waals surface area contributed by atoms with E-state index >= 15 is 0 Å². The summed E-state index contributed by atoms with van der Waals surface area (Å²) in [4.78, 5) is 25.2. The first-order valence-electron chi connectivity index (χ1n) is 6.21. The van der Waals surface area contributed by atoms with Gasteiger partial charge in [-0.1, -0.05) is 0 Å². The third-order valence-electron chi connectivity index (χ3n) is 3.33. The number of rotatable bonds is 4. The zero-order valence-corrected chi connectivity index (χ0v) is 12.4. The molecule has 1 aromatic rings. The summed E-state index contributed by atoms with van der Waals surface area (Å²) in [7, 11) is 0. The van der Waals surface area contributed by atoms with Gasteiger partial charge in [0.25, 0.3) is 0 Å². The second kappa shape index (κ2) is 6.43. The molecule has 1 saturated heterocycles. The molecular weight excluding hydrogens is 282 g/mol. The number of thioether (sulfide) groups is 1. The highest BCUT2D eigenvalue weighted by Crippen LogP contribution is 2.26. The molecule has 1 N–H and O–H groups in total. The maximum absolute atomic E-state index is 12.5. The molecule has 2 atom stereocenters. The molecule has 0 aliphatic carbocycles. The molecule has 1 aliphatic heterocycles. The van der Waals surface area contributed by atoms with Crippen molar-refractivity contribution in [1.82, 2.24) is 4.90 Å². The second-order valence-electron chi connectivity index (χ2n) is 4.64. The second-order valence-corrected chi connectivity index (χ2v) is 6.57. The fourth-order valence-electron chi connectivity index (χ4n) is 2.23. The number of carboxylic acids is 1. The summed E-state index contributed by atoms with van der Waals surface area (Å²) in [6.45, 7) is 2.54. The van der Waals surface area contributed by atoms with Crippen LogP contribution in [0.2, 0.25) is 0 Å². The Labute approximate surface area is 120 Å². The topological polar surface area (TPSA) is 57.6 Å². The highest BCUT2D eigenvalue weighted by atomic mass is 32.2. The number of amides is 1. The van der Waals surface area contributed by atoms with Gasteiger partial charge >= 0.3 is 5.97 Å². The Bertz CT molecular complexity index is 447. The van der Waals surface area contributed by atoms with Crippen LogP contribution in [0.5, 0.6) is 0 Å². The van der Waals surface area contributed by atoms with Crippen molar-refractivity contribution in [3.05, 3.63) is 22.4 Å². The molecule has 1 aliphatic rings. The lowest BCUT2D eigenvalue weighted by atomic mass is 10.0. The minimum absolute atomic E-state index is 0.0368. The van der Waals surface area contributed by atoms with Crippen LogP contribution in [-0.2, 0) is 9.59 Å². The maximum Gasteiger partial charge on any atom is 0.305 e. The third-order valence-corrected chi connectivity index (χ3v) is 5.13. The molecule has 2 unspecified atom stereocenters. The molecule has 0 bridgehead atoms. The first kappa shape index (κ1) is 14.4. The number of hydrogen-bond acceptors (Lipinski definition) is 4. The summed E-state index contributed by atoms with van der Waals surface area (Å²) in [5.41, 5.74) is 1.02. The van der Waals surface area contributed by atoms with E-state index in [0.717, 1.165) is 11.3 Å².